The van der Waals surface area contributed by atoms with Crippen LogP contribution in [0.15, 0.2) is 24.3 Å². The van der Waals surface area contributed by atoms with Crippen molar-refractivity contribution in [3.05, 3.63) is 35.4 Å². The van der Waals surface area contributed by atoms with Crippen LogP contribution in [0.4, 0.5) is 0 Å². The topological polar surface area (TPSA) is 52.6 Å². The standard InChI is InChI=1S/C10H8O4S5/c11-9-7-1-3-8(4-2-7)10(12)14-16-18-19-17-15-6-5-13-9/h1-4H,5-6H2. The van der Waals surface area contributed by atoms with Crippen molar-refractivity contribution < 1.29 is 18.5 Å². The first kappa shape index (κ1) is 15.3. The van der Waals surface area contributed by atoms with E-state index < -0.39 is 5.97 Å². The van der Waals surface area contributed by atoms with Crippen molar-refractivity contribution in [1.29, 1.82) is 0 Å². The Morgan fingerprint density at radius 1 is 0.895 bits per heavy atom. The second kappa shape index (κ2) is 8.25. The SMILES string of the molecule is O=C1OCCSSSSSOC(=O)c2ccc1cc2. The smallest absolute Gasteiger partial charge is 0.351 e. The van der Waals surface area contributed by atoms with Crippen LogP contribution in [0.2, 0.25) is 0 Å². The molecule has 0 radical (unpaired) electrons. The van der Waals surface area contributed by atoms with Gasteiger partial charge in [0.05, 0.1) is 11.1 Å². The Balaban J connectivity index is 2.07. The number of carbonyl (C=O) groups is 2. The molecule has 0 atom stereocenters. The van der Waals surface area contributed by atoms with Gasteiger partial charge in [0.25, 0.3) is 0 Å². The van der Waals surface area contributed by atoms with E-state index >= 15 is 0 Å². The molecule has 3 rings (SSSR count). The number of esters is 1. The van der Waals surface area contributed by atoms with Crippen molar-refractivity contribution in [2.75, 3.05) is 12.4 Å². The van der Waals surface area contributed by atoms with Crippen LogP contribution in [0.3, 0.4) is 0 Å². The first-order chi connectivity index (χ1) is 9.27. The number of carbonyl (C=O) groups excluding carboxylic acids is 2. The molecule has 4 nitrogen and oxygen atoms in total. The average Bonchev–Trinajstić information content (AvgIpc) is 2.45. The maximum absolute atomic E-state index is 11.7. The van der Waals surface area contributed by atoms with E-state index in [1.165, 1.54) is 19.7 Å². The second-order valence-corrected chi connectivity index (χ2v) is 10.5. The first-order valence-corrected chi connectivity index (χ1v) is 11.3. The van der Waals surface area contributed by atoms with Crippen molar-refractivity contribution in [2.45, 2.75) is 0 Å². The van der Waals surface area contributed by atoms with Crippen LogP contribution in [0.1, 0.15) is 20.7 Å². The Morgan fingerprint density at radius 2 is 1.58 bits per heavy atom. The van der Waals surface area contributed by atoms with Crippen molar-refractivity contribution in [3.8, 4) is 0 Å². The predicted octanol–water partition coefficient (Wildman–Crippen LogP) is 4.25. The van der Waals surface area contributed by atoms with Gasteiger partial charge in [-0.2, -0.15) is 0 Å². The Bertz CT molecular complexity index is 409. The van der Waals surface area contributed by atoms with Crippen molar-refractivity contribution in [3.63, 3.8) is 0 Å². The van der Waals surface area contributed by atoms with E-state index in [1.54, 1.807) is 44.9 Å². The van der Waals surface area contributed by atoms with Gasteiger partial charge in [-0.3, -0.25) is 0 Å². The van der Waals surface area contributed by atoms with E-state index in [1.807, 2.05) is 0 Å². The lowest BCUT2D eigenvalue weighted by Crippen LogP contribution is -2.08. The zero-order valence-corrected chi connectivity index (χ0v) is 13.5. The Kier molecular flexibility index (Phi) is 6.65. The molecule has 2 aliphatic heterocycles. The summed E-state index contributed by atoms with van der Waals surface area (Å²) in [4.78, 5) is 23.3. The van der Waals surface area contributed by atoms with Crippen LogP contribution in [0, 0.1) is 0 Å². The molecule has 2 heterocycles. The summed E-state index contributed by atoms with van der Waals surface area (Å²) in [6, 6.07) is 6.24. The molecule has 0 spiro atoms. The molecule has 0 aromatic heterocycles. The highest BCUT2D eigenvalue weighted by molar-refractivity contribution is 9.35. The van der Waals surface area contributed by atoms with Gasteiger partial charge in [0.1, 0.15) is 17.7 Å². The van der Waals surface area contributed by atoms with Crippen LogP contribution in [0.25, 0.3) is 0 Å². The van der Waals surface area contributed by atoms with E-state index in [9.17, 15) is 9.59 Å². The number of ether oxygens (including phenoxy) is 1. The Labute approximate surface area is 129 Å². The minimum atomic E-state index is -0.425. The molecule has 1 aromatic carbocycles. The highest BCUT2D eigenvalue weighted by atomic mass is 33.8. The maximum atomic E-state index is 11.7. The third-order valence-electron chi connectivity index (χ3n) is 2.00. The van der Waals surface area contributed by atoms with E-state index in [0.29, 0.717) is 23.5 Å². The third kappa shape index (κ3) is 5.07. The molecule has 0 saturated heterocycles. The summed E-state index contributed by atoms with van der Waals surface area (Å²) in [5, 5.41) is 0. The monoisotopic (exact) mass is 352 g/mol. The van der Waals surface area contributed by atoms with Gasteiger partial charge in [-0.25, -0.2) is 9.59 Å². The fraction of sp³-hybridized carbons (Fsp3) is 0.200. The largest absolute Gasteiger partial charge is 0.461 e. The van der Waals surface area contributed by atoms with Crippen molar-refractivity contribution in [2.24, 2.45) is 0 Å². The molecule has 2 bridgehead atoms. The lowest BCUT2D eigenvalue weighted by Gasteiger charge is -2.04. The molecule has 102 valence electrons. The first-order valence-electron chi connectivity index (χ1n) is 5.05. The fourth-order valence-corrected chi connectivity index (χ4v) is 8.33. The molecule has 9 heteroatoms. The van der Waals surface area contributed by atoms with E-state index in [-0.39, 0.29) is 5.97 Å². The highest BCUT2D eigenvalue weighted by Crippen LogP contribution is 2.48. The zero-order chi connectivity index (χ0) is 13.5. The van der Waals surface area contributed by atoms with E-state index in [2.05, 4.69) is 0 Å². The maximum Gasteiger partial charge on any atom is 0.351 e. The Morgan fingerprint density at radius 3 is 2.32 bits per heavy atom. The number of hydrogen-bond acceptors (Lipinski definition) is 9. The Hall–Kier alpha value is -0.0900. The molecular weight excluding hydrogens is 344 g/mol. The van der Waals surface area contributed by atoms with Gasteiger partial charge in [-0.1, -0.05) is 10.8 Å². The lowest BCUT2D eigenvalue weighted by molar-refractivity contribution is 0.0529. The van der Waals surface area contributed by atoms with Crippen LogP contribution >= 0.6 is 51.3 Å². The molecule has 0 amide bonds. The second-order valence-electron chi connectivity index (χ2n) is 3.18. The number of benzene rings is 1. The summed E-state index contributed by atoms with van der Waals surface area (Å²) in [6.45, 7) is 0.367. The quantitative estimate of drug-likeness (QED) is 0.387. The number of rotatable bonds is 0. The average molecular weight is 353 g/mol. The van der Waals surface area contributed by atoms with Crippen LogP contribution in [-0.2, 0) is 8.92 Å². The minimum absolute atomic E-state index is 0.367. The van der Waals surface area contributed by atoms with Crippen molar-refractivity contribution in [1.82, 2.24) is 0 Å². The van der Waals surface area contributed by atoms with Crippen LogP contribution in [0.5, 0.6) is 0 Å². The van der Waals surface area contributed by atoms with Crippen molar-refractivity contribution >= 4 is 63.3 Å². The summed E-state index contributed by atoms with van der Waals surface area (Å²) in [6.07, 6.45) is 0. The molecule has 1 aromatic rings. The predicted molar refractivity (Wildman–Crippen MR) is 85.0 cm³/mol. The van der Waals surface area contributed by atoms with Gasteiger partial charge in [-0.15, -0.1) is 0 Å². The van der Waals surface area contributed by atoms with Gasteiger partial charge >= 0.3 is 11.9 Å². The minimum Gasteiger partial charge on any atom is -0.461 e. The molecule has 0 unspecified atom stereocenters. The molecule has 0 saturated carbocycles. The van der Waals surface area contributed by atoms with Gasteiger partial charge in [0, 0.05) is 25.4 Å². The number of fused-ring (bicyclic) bond motifs is 12. The van der Waals surface area contributed by atoms with E-state index in [0.717, 1.165) is 11.1 Å². The van der Waals surface area contributed by atoms with Gasteiger partial charge in [0.2, 0.25) is 0 Å². The van der Waals surface area contributed by atoms with Gasteiger partial charge in [0.15, 0.2) is 0 Å². The molecule has 0 N–H and O–H groups in total. The number of hydrogen-bond donors (Lipinski definition) is 0. The highest BCUT2D eigenvalue weighted by Gasteiger charge is 2.12. The van der Waals surface area contributed by atoms with E-state index in [4.69, 9.17) is 8.92 Å². The lowest BCUT2D eigenvalue weighted by atomic mass is 10.1. The summed E-state index contributed by atoms with van der Waals surface area (Å²) in [5.41, 5.74) is 0.840. The summed E-state index contributed by atoms with van der Waals surface area (Å²) in [5.74, 6) is -0.0886. The van der Waals surface area contributed by atoms with Crippen LogP contribution < -0.4 is 0 Å². The molecule has 19 heavy (non-hydrogen) atoms. The summed E-state index contributed by atoms with van der Waals surface area (Å²) < 4.78 is 10.1. The molecule has 0 fully saturated rings. The molecule has 0 aliphatic carbocycles. The van der Waals surface area contributed by atoms with Gasteiger partial charge < -0.3 is 8.92 Å². The molecular formula is C10H8O4S5. The zero-order valence-electron chi connectivity index (χ0n) is 9.40. The van der Waals surface area contributed by atoms with Crippen LogP contribution in [-0.4, -0.2) is 24.3 Å². The summed E-state index contributed by atoms with van der Waals surface area (Å²) >= 11 is 1.03. The third-order valence-corrected chi connectivity index (χ3v) is 9.67. The fourth-order valence-electron chi connectivity index (χ4n) is 1.16. The summed E-state index contributed by atoms with van der Waals surface area (Å²) in [7, 11) is 6.01. The normalized spacial score (nSPS) is 18.1. The van der Waals surface area contributed by atoms with Gasteiger partial charge in [-0.05, 0) is 34.1 Å². The molecule has 2 aliphatic rings.